The second kappa shape index (κ2) is 5.36. The molecule has 0 atom stereocenters. The summed E-state index contributed by atoms with van der Waals surface area (Å²) in [5.41, 5.74) is 3.25. The van der Waals surface area contributed by atoms with Crippen molar-refractivity contribution in [2.45, 2.75) is 57.9 Å². The first-order valence-electron chi connectivity index (χ1n) is 9.60. The molecule has 0 unspecified atom stereocenters. The highest BCUT2D eigenvalue weighted by Gasteiger charge is 2.52. The zero-order chi connectivity index (χ0) is 16.3. The lowest BCUT2D eigenvalue weighted by molar-refractivity contribution is -0.0434. The second-order valence-corrected chi connectivity index (χ2v) is 9.22. The molecule has 1 nitrogen and oxygen atoms in total. The molecule has 2 heterocycles. The van der Waals surface area contributed by atoms with E-state index < -0.39 is 0 Å². The molecule has 4 bridgehead atoms. The van der Waals surface area contributed by atoms with Gasteiger partial charge < -0.3 is 4.57 Å². The average molecular weight is 338 g/mol. The number of hydrogen-bond donors (Lipinski definition) is 0. The van der Waals surface area contributed by atoms with Crippen molar-refractivity contribution in [1.82, 2.24) is 4.57 Å². The minimum Gasteiger partial charge on any atom is -0.334 e. The molecule has 126 valence electrons. The Morgan fingerprint density at radius 2 is 1.71 bits per heavy atom. The first kappa shape index (κ1) is 15.0. The van der Waals surface area contributed by atoms with E-state index in [0.29, 0.717) is 5.54 Å². The summed E-state index contributed by atoms with van der Waals surface area (Å²) in [7, 11) is 0. The van der Waals surface area contributed by atoms with Crippen molar-refractivity contribution in [3.05, 3.63) is 33.5 Å². The lowest BCUT2D eigenvalue weighted by Crippen LogP contribution is -2.55. The van der Waals surface area contributed by atoms with Gasteiger partial charge in [0.1, 0.15) is 0 Å². The third kappa shape index (κ3) is 2.05. The van der Waals surface area contributed by atoms with E-state index in [9.17, 15) is 0 Å². The smallest absolute Gasteiger partial charge is 0.0504 e. The van der Waals surface area contributed by atoms with E-state index >= 15 is 0 Å². The normalized spacial score (nSPS) is 36.0. The lowest BCUT2D eigenvalue weighted by atomic mass is 9.53. The number of hydrogen-bond acceptors (Lipinski definition) is 1. The highest BCUT2D eigenvalue weighted by molar-refractivity contribution is 7.08. The van der Waals surface area contributed by atoms with Gasteiger partial charge in [0.2, 0.25) is 0 Å². The van der Waals surface area contributed by atoms with Crippen LogP contribution in [0.3, 0.4) is 0 Å². The molecule has 2 aromatic heterocycles. The Morgan fingerprint density at radius 1 is 1.04 bits per heavy atom. The zero-order valence-corrected chi connectivity index (χ0v) is 15.6. The van der Waals surface area contributed by atoms with E-state index in [1.807, 2.05) is 11.3 Å². The Kier molecular flexibility index (Phi) is 3.35. The maximum atomic E-state index is 2.79. The van der Waals surface area contributed by atoms with E-state index in [4.69, 9.17) is 0 Å². The molecule has 24 heavy (non-hydrogen) atoms. The third-order valence-corrected chi connectivity index (χ3v) is 7.63. The Morgan fingerprint density at radius 3 is 2.21 bits per heavy atom. The number of aromatic nitrogens is 1. The highest BCUT2D eigenvalue weighted by Crippen LogP contribution is 2.59. The van der Waals surface area contributed by atoms with Crippen molar-refractivity contribution in [3.63, 3.8) is 0 Å². The minimum absolute atomic E-state index is 0.384. The number of nitrogens with zero attached hydrogens (tertiary/aromatic N) is 1. The first-order valence-corrected chi connectivity index (χ1v) is 10.5. The first-order chi connectivity index (χ1) is 11.7. The Balaban J connectivity index is 1.78. The monoisotopic (exact) mass is 337 g/mol. The standard InChI is InChI=1S/C22H27NS/c1-3-18-10-21(19-5-6-24-14-19)23(20(18)4-2)22-11-15-7-16(12-22)9-17(8-15)13-22/h3-6,10,14-17H,7-9,11-13H2,1-2H3. The second-order valence-electron chi connectivity index (χ2n) is 8.44. The van der Waals surface area contributed by atoms with Gasteiger partial charge in [-0.25, -0.2) is 0 Å². The van der Waals surface area contributed by atoms with E-state index in [0.717, 1.165) is 17.8 Å². The predicted octanol–water partition coefficient (Wildman–Crippen LogP) is 4.74. The summed E-state index contributed by atoms with van der Waals surface area (Å²) in [5, 5.41) is 7.41. The van der Waals surface area contributed by atoms with Crippen molar-refractivity contribution in [3.8, 4) is 11.3 Å². The van der Waals surface area contributed by atoms with Crippen molar-refractivity contribution >= 4 is 23.5 Å². The summed E-state index contributed by atoms with van der Waals surface area (Å²) in [4.78, 5) is 0. The van der Waals surface area contributed by atoms with Crippen molar-refractivity contribution < 1.29 is 0 Å². The topological polar surface area (TPSA) is 4.93 Å². The van der Waals surface area contributed by atoms with Crippen LogP contribution in [0.4, 0.5) is 0 Å². The molecule has 0 aromatic carbocycles. The van der Waals surface area contributed by atoms with Crippen LogP contribution >= 0.6 is 11.3 Å². The molecule has 2 aromatic rings. The number of thiophene rings is 1. The van der Waals surface area contributed by atoms with Gasteiger partial charge in [-0.3, -0.25) is 0 Å². The largest absolute Gasteiger partial charge is 0.334 e. The van der Waals surface area contributed by atoms with Crippen LogP contribution in [0.15, 0.2) is 22.9 Å². The summed E-state index contributed by atoms with van der Waals surface area (Å²) in [6.45, 7) is 4.40. The van der Waals surface area contributed by atoms with Gasteiger partial charge in [-0.05, 0) is 92.9 Å². The number of rotatable bonds is 2. The van der Waals surface area contributed by atoms with Gasteiger partial charge in [0.25, 0.3) is 0 Å². The van der Waals surface area contributed by atoms with Gasteiger partial charge in [-0.2, -0.15) is 11.3 Å². The molecule has 4 aliphatic rings. The van der Waals surface area contributed by atoms with Crippen LogP contribution in [-0.4, -0.2) is 4.57 Å². The maximum Gasteiger partial charge on any atom is 0.0504 e. The van der Waals surface area contributed by atoms with Gasteiger partial charge in [-0.1, -0.05) is 12.2 Å². The van der Waals surface area contributed by atoms with Crippen LogP contribution in [-0.2, 0) is 5.54 Å². The van der Waals surface area contributed by atoms with E-state index in [-0.39, 0.29) is 0 Å². The van der Waals surface area contributed by atoms with Crippen molar-refractivity contribution in [2.75, 3.05) is 0 Å². The van der Waals surface area contributed by atoms with Crippen LogP contribution < -0.4 is 10.6 Å². The Hall–Kier alpha value is -1.28. The lowest BCUT2D eigenvalue weighted by Gasteiger charge is -2.57. The van der Waals surface area contributed by atoms with E-state index in [2.05, 4.69) is 53.5 Å². The molecular weight excluding hydrogens is 310 g/mol. The molecule has 2 heteroatoms. The molecule has 0 saturated heterocycles. The van der Waals surface area contributed by atoms with Crippen LogP contribution in [0.2, 0.25) is 0 Å². The summed E-state index contributed by atoms with van der Waals surface area (Å²) < 4.78 is 2.79. The summed E-state index contributed by atoms with van der Waals surface area (Å²) >= 11 is 1.82. The molecular formula is C22H27NS. The maximum absolute atomic E-state index is 2.79. The highest BCUT2D eigenvalue weighted by atomic mass is 32.1. The summed E-state index contributed by atoms with van der Waals surface area (Å²) in [5.74, 6) is 2.94. The van der Waals surface area contributed by atoms with Gasteiger partial charge in [0, 0.05) is 21.8 Å². The van der Waals surface area contributed by atoms with Gasteiger partial charge in [0.05, 0.1) is 5.69 Å². The molecule has 0 spiro atoms. The zero-order valence-electron chi connectivity index (χ0n) is 14.8. The molecule has 0 aliphatic heterocycles. The quantitative estimate of drug-likeness (QED) is 0.746. The van der Waals surface area contributed by atoms with Crippen LogP contribution in [0.25, 0.3) is 23.4 Å². The molecule has 0 radical (unpaired) electrons. The molecule has 4 aliphatic carbocycles. The van der Waals surface area contributed by atoms with Crippen molar-refractivity contribution in [2.24, 2.45) is 17.8 Å². The van der Waals surface area contributed by atoms with Gasteiger partial charge in [-0.15, -0.1) is 0 Å². The van der Waals surface area contributed by atoms with Gasteiger partial charge in [0.15, 0.2) is 0 Å². The minimum atomic E-state index is 0.384. The average Bonchev–Trinajstić information content (AvgIpc) is 3.20. The van der Waals surface area contributed by atoms with Gasteiger partial charge >= 0.3 is 0 Å². The Labute approximate surface area is 148 Å². The van der Waals surface area contributed by atoms with E-state index in [1.54, 1.807) is 0 Å². The van der Waals surface area contributed by atoms with Crippen molar-refractivity contribution in [1.29, 1.82) is 0 Å². The van der Waals surface area contributed by atoms with Crippen LogP contribution in [0.1, 0.15) is 52.4 Å². The fraction of sp³-hybridized carbons (Fsp3) is 0.545. The van der Waals surface area contributed by atoms with E-state index in [1.165, 1.54) is 60.4 Å². The molecule has 4 fully saturated rings. The van der Waals surface area contributed by atoms with Crippen LogP contribution in [0, 0.1) is 17.8 Å². The summed E-state index contributed by atoms with van der Waals surface area (Å²) in [6.07, 6.45) is 13.4. The molecule has 6 rings (SSSR count). The fourth-order valence-electron chi connectivity index (χ4n) is 6.54. The SMILES string of the molecule is CC=c1cc(-c2ccsc2)n(C23CC4CC(CC(C4)C2)C3)c1=CC. The molecule has 4 saturated carbocycles. The van der Waals surface area contributed by atoms with Crippen LogP contribution in [0.5, 0.6) is 0 Å². The third-order valence-electron chi connectivity index (χ3n) is 6.95. The summed E-state index contributed by atoms with van der Waals surface area (Å²) in [6, 6.07) is 4.74. The fourth-order valence-corrected chi connectivity index (χ4v) is 7.19. The molecule has 0 amide bonds. The molecule has 0 N–H and O–H groups in total. The Bertz CT molecular complexity index is 833. The predicted molar refractivity (Wildman–Crippen MR) is 103 cm³/mol.